The Labute approximate surface area is 133 Å². The summed E-state index contributed by atoms with van der Waals surface area (Å²) in [5.41, 5.74) is -0.227. The van der Waals surface area contributed by atoms with Crippen molar-refractivity contribution in [2.75, 3.05) is 0 Å². The molecule has 1 saturated heterocycles. The third kappa shape index (κ3) is 2.96. The molecule has 0 bridgehead atoms. The van der Waals surface area contributed by atoms with Gasteiger partial charge in [-0.15, -0.1) is 0 Å². The summed E-state index contributed by atoms with van der Waals surface area (Å²) in [6.07, 6.45) is -4.82. The first-order valence-electron chi connectivity index (χ1n) is 6.99. The van der Waals surface area contributed by atoms with Crippen molar-refractivity contribution >= 4 is 15.9 Å². The summed E-state index contributed by atoms with van der Waals surface area (Å²) in [5, 5.41) is 0. The number of hydrogen-bond acceptors (Lipinski definition) is 3. The average Bonchev–Trinajstić information content (AvgIpc) is 2.32. The Morgan fingerprint density at radius 3 is 1.91 bits per heavy atom. The van der Waals surface area contributed by atoms with Gasteiger partial charge in [-0.1, -0.05) is 38.5 Å². The van der Waals surface area contributed by atoms with Crippen molar-refractivity contribution < 1.29 is 26.4 Å². The standard InChI is InChI=1S/C15H18F3NO3S/c1-9-5-7-10(8-6-9)23(21,22)19-12(15(16,17)18)11(13(19)20)14(2,3)4/h5-8,11-12H,1-4H3. The Kier molecular flexibility index (Phi) is 4.04. The Morgan fingerprint density at radius 1 is 1.04 bits per heavy atom. The molecule has 2 unspecified atom stereocenters. The zero-order chi connectivity index (χ0) is 17.8. The van der Waals surface area contributed by atoms with Crippen molar-refractivity contribution in [2.24, 2.45) is 11.3 Å². The summed E-state index contributed by atoms with van der Waals surface area (Å²) in [5.74, 6) is -2.43. The van der Waals surface area contributed by atoms with Crippen LogP contribution in [0, 0.1) is 18.3 Å². The van der Waals surface area contributed by atoms with E-state index in [0.29, 0.717) is 0 Å². The number of nitrogens with zero attached hydrogens (tertiary/aromatic N) is 1. The van der Waals surface area contributed by atoms with Gasteiger partial charge < -0.3 is 0 Å². The third-order valence-corrected chi connectivity index (χ3v) is 5.69. The second-order valence-electron chi connectivity index (χ2n) is 6.78. The molecule has 0 aromatic heterocycles. The van der Waals surface area contributed by atoms with Crippen molar-refractivity contribution in [1.82, 2.24) is 4.31 Å². The Morgan fingerprint density at radius 2 is 1.52 bits per heavy atom. The smallest absolute Gasteiger partial charge is 0.273 e. The van der Waals surface area contributed by atoms with Crippen LogP contribution >= 0.6 is 0 Å². The molecule has 4 nitrogen and oxygen atoms in total. The van der Waals surface area contributed by atoms with Gasteiger partial charge in [-0.2, -0.15) is 13.2 Å². The lowest BCUT2D eigenvalue weighted by molar-refractivity contribution is -0.225. The molecule has 2 rings (SSSR count). The van der Waals surface area contributed by atoms with E-state index in [1.165, 1.54) is 45.0 Å². The van der Waals surface area contributed by atoms with E-state index in [1.54, 1.807) is 6.92 Å². The number of benzene rings is 1. The summed E-state index contributed by atoms with van der Waals surface area (Å²) < 4.78 is 65.0. The number of β-lactam (4-membered cyclic amide) rings is 1. The van der Waals surface area contributed by atoms with Gasteiger partial charge in [0.15, 0.2) is 6.04 Å². The molecule has 128 valence electrons. The van der Waals surface area contributed by atoms with Crippen LogP contribution in [0.3, 0.4) is 0 Å². The molecule has 0 saturated carbocycles. The maximum absolute atomic E-state index is 13.4. The van der Waals surface area contributed by atoms with E-state index in [4.69, 9.17) is 0 Å². The van der Waals surface area contributed by atoms with E-state index in [9.17, 15) is 26.4 Å². The minimum atomic E-state index is -4.82. The van der Waals surface area contributed by atoms with Crippen LogP contribution in [-0.2, 0) is 14.8 Å². The highest BCUT2D eigenvalue weighted by Crippen LogP contribution is 2.49. The largest absolute Gasteiger partial charge is 0.410 e. The first kappa shape index (κ1) is 17.8. The van der Waals surface area contributed by atoms with Gasteiger partial charge in [0, 0.05) is 0 Å². The molecular weight excluding hydrogens is 331 g/mol. The number of sulfonamides is 1. The molecular formula is C15H18F3NO3S. The maximum atomic E-state index is 13.4. The van der Waals surface area contributed by atoms with Gasteiger partial charge in [0.1, 0.15) is 0 Å². The first-order valence-corrected chi connectivity index (χ1v) is 8.43. The summed E-state index contributed by atoms with van der Waals surface area (Å²) in [6, 6.07) is 3.02. The van der Waals surface area contributed by atoms with E-state index < -0.39 is 39.5 Å². The third-order valence-electron chi connectivity index (χ3n) is 3.90. The minimum absolute atomic E-state index is 0.0203. The number of hydrogen-bond donors (Lipinski definition) is 0. The number of aryl methyl sites for hydroxylation is 1. The summed E-state index contributed by atoms with van der Waals surface area (Å²) in [4.78, 5) is 11.9. The lowest BCUT2D eigenvalue weighted by Gasteiger charge is -2.51. The van der Waals surface area contributed by atoms with Crippen molar-refractivity contribution in [2.45, 2.75) is 44.8 Å². The zero-order valence-electron chi connectivity index (χ0n) is 13.2. The van der Waals surface area contributed by atoms with Crippen LogP contribution in [-0.4, -0.2) is 30.8 Å². The van der Waals surface area contributed by atoms with Gasteiger partial charge in [-0.3, -0.25) is 4.79 Å². The predicted molar refractivity (Wildman–Crippen MR) is 78.0 cm³/mol. The molecule has 1 aliphatic rings. The van der Waals surface area contributed by atoms with Gasteiger partial charge in [0.2, 0.25) is 5.91 Å². The predicted octanol–water partition coefficient (Wildman–Crippen LogP) is 3.12. The van der Waals surface area contributed by atoms with E-state index >= 15 is 0 Å². The van der Waals surface area contributed by atoms with Crippen molar-refractivity contribution in [3.05, 3.63) is 29.8 Å². The van der Waals surface area contributed by atoms with E-state index in [-0.39, 0.29) is 9.20 Å². The Bertz CT molecular complexity index is 718. The van der Waals surface area contributed by atoms with Crippen LogP contribution in [0.15, 0.2) is 29.2 Å². The molecule has 1 heterocycles. The summed E-state index contributed by atoms with van der Waals surface area (Å²) in [7, 11) is -4.53. The first-order chi connectivity index (χ1) is 10.3. The van der Waals surface area contributed by atoms with Crippen molar-refractivity contribution in [1.29, 1.82) is 0 Å². The average molecular weight is 349 g/mol. The van der Waals surface area contributed by atoms with Gasteiger partial charge in [-0.25, -0.2) is 12.7 Å². The topological polar surface area (TPSA) is 54.5 Å². The van der Waals surface area contributed by atoms with Crippen LogP contribution in [0.25, 0.3) is 0 Å². The van der Waals surface area contributed by atoms with Gasteiger partial charge >= 0.3 is 6.18 Å². The maximum Gasteiger partial charge on any atom is 0.410 e. The van der Waals surface area contributed by atoms with E-state index in [1.807, 2.05) is 0 Å². The molecule has 0 aliphatic carbocycles. The monoisotopic (exact) mass is 349 g/mol. The lowest BCUT2D eigenvalue weighted by Crippen LogP contribution is -2.71. The van der Waals surface area contributed by atoms with Crippen LogP contribution in [0.4, 0.5) is 13.2 Å². The zero-order valence-corrected chi connectivity index (χ0v) is 14.0. The number of carbonyl (C=O) groups is 1. The quantitative estimate of drug-likeness (QED) is 0.771. The molecule has 1 fully saturated rings. The number of halogens is 3. The fraction of sp³-hybridized carbons (Fsp3) is 0.533. The molecule has 1 amide bonds. The van der Waals surface area contributed by atoms with Crippen LogP contribution in [0.2, 0.25) is 0 Å². The lowest BCUT2D eigenvalue weighted by atomic mass is 9.71. The van der Waals surface area contributed by atoms with E-state index in [0.717, 1.165) is 5.56 Å². The molecule has 0 spiro atoms. The van der Waals surface area contributed by atoms with Crippen LogP contribution < -0.4 is 0 Å². The Hall–Kier alpha value is -1.57. The van der Waals surface area contributed by atoms with Crippen LogP contribution in [0.5, 0.6) is 0 Å². The highest BCUT2D eigenvalue weighted by atomic mass is 32.2. The fourth-order valence-electron chi connectivity index (χ4n) is 2.72. The fourth-order valence-corrected chi connectivity index (χ4v) is 4.32. The normalized spacial score (nSPS) is 22.9. The van der Waals surface area contributed by atoms with Crippen LogP contribution in [0.1, 0.15) is 26.3 Å². The molecule has 1 aromatic rings. The molecule has 1 aromatic carbocycles. The summed E-state index contributed by atoms with van der Waals surface area (Å²) in [6.45, 7) is 6.19. The molecule has 8 heteroatoms. The molecule has 0 radical (unpaired) electrons. The molecule has 23 heavy (non-hydrogen) atoms. The van der Waals surface area contributed by atoms with Gasteiger partial charge in [-0.05, 0) is 24.5 Å². The Balaban J connectivity index is 2.49. The number of amides is 1. The number of rotatable bonds is 2. The second kappa shape index (κ2) is 5.22. The highest BCUT2D eigenvalue weighted by Gasteiger charge is 2.67. The molecule has 1 aliphatic heterocycles. The SMILES string of the molecule is Cc1ccc(S(=O)(=O)N2C(=O)C(C(C)(C)C)C2C(F)(F)F)cc1. The summed E-state index contributed by atoms with van der Waals surface area (Å²) >= 11 is 0. The second-order valence-corrected chi connectivity index (χ2v) is 8.60. The minimum Gasteiger partial charge on any atom is -0.273 e. The molecule has 2 atom stereocenters. The van der Waals surface area contributed by atoms with Gasteiger partial charge in [0.25, 0.3) is 10.0 Å². The van der Waals surface area contributed by atoms with Crippen molar-refractivity contribution in [3.63, 3.8) is 0 Å². The van der Waals surface area contributed by atoms with Crippen molar-refractivity contribution in [3.8, 4) is 0 Å². The highest BCUT2D eigenvalue weighted by molar-refractivity contribution is 7.89. The molecule has 0 N–H and O–H groups in total. The van der Waals surface area contributed by atoms with E-state index in [2.05, 4.69) is 0 Å². The number of carbonyl (C=O) groups excluding carboxylic acids is 1. The van der Waals surface area contributed by atoms with Gasteiger partial charge in [0.05, 0.1) is 10.8 Å². The number of alkyl halides is 3.